The van der Waals surface area contributed by atoms with Crippen LogP contribution in [0.4, 0.5) is 0 Å². The molecule has 0 aliphatic carbocycles. The Balaban J connectivity index is 1.83. The minimum absolute atomic E-state index is 0.0219. The molecule has 1 amide bonds. The van der Waals surface area contributed by atoms with Gasteiger partial charge in [-0.05, 0) is 77.6 Å². The molecule has 1 fully saturated rings. The molecule has 1 saturated heterocycles. The van der Waals surface area contributed by atoms with Crippen molar-refractivity contribution < 1.29 is 49.3 Å². The van der Waals surface area contributed by atoms with Gasteiger partial charge in [-0.1, -0.05) is 370 Å². The van der Waals surface area contributed by atoms with Crippen LogP contribution in [0.1, 0.15) is 412 Å². The van der Waals surface area contributed by atoms with Crippen LogP contribution in [0.15, 0.2) is 48.6 Å². The van der Waals surface area contributed by atoms with E-state index in [4.69, 9.17) is 14.2 Å². The van der Waals surface area contributed by atoms with Crippen LogP contribution in [0.25, 0.3) is 0 Å². The van der Waals surface area contributed by atoms with Crippen LogP contribution < -0.4 is 5.32 Å². The summed E-state index contributed by atoms with van der Waals surface area (Å²) < 4.78 is 16.7. The SMILES string of the molecule is C/C=C/CC/C=C/CC/C=C/C(O)C(COC1OC(CO)C(O)C(O)C1O)NC(=O)CCCCCCCCCCCCCCCCCCC/C=C\CCCCCCCCCCCCCCCCCCCCOC(=O)CCCCCCCCCCCCCCCCCCCCC. The lowest BCUT2D eigenvalue weighted by atomic mass is 9.99. The summed E-state index contributed by atoms with van der Waals surface area (Å²) in [4.78, 5) is 25.2. The Morgan fingerprint density at radius 1 is 0.400 bits per heavy atom. The maximum atomic E-state index is 13.0. The molecule has 7 unspecified atom stereocenters. The van der Waals surface area contributed by atoms with Crippen molar-refractivity contribution >= 4 is 11.9 Å². The molecule has 1 aliphatic heterocycles. The molecule has 0 aromatic heterocycles. The number of allylic oxidation sites excluding steroid dienone is 7. The van der Waals surface area contributed by atoms with E-state index < -0.39 is 49.5 Å². The Hall–Kier alpha value is -2.38. The van der Waals surface area contributed by atoms with Gasteiger partial charge in [0, 0.05) is 12.8 Å². The van der Waals surface area contributed by atoms with E-state index >= 15 is 0 Å². The van der Waals surface area contributed by atoms with Crippen molar-refractivity contribution in [1.29, 1.82) is 0 Å². The first-order valence-electron chi connectivity index (χ1n) is 41.4. The lowest BCUT2D eigenvalue weighted by Crippen LogP contribution is -2.60. The van der Waals surface area contributed by atoms with Crippen LogP contribution in [0.3, 0.4) is 0 Å². The molecule has 95 heavy (non-hydrogen) atoms. The average Bonchev–Trinajstić information content (AvgIpc) is 0.834. The largest absolute Gasteiger partial charge is 0.466 e. The number of ether oxygens (including phenoxy) is 3. The van der Waals surface area contributed by atoms with E-state index in [1.807, 2.05) is 19.1 Å². The maximum Gasteiger partial charge on any atom is 0.305 e. The van der Waals surface area contributed by atoms with Crippen LogP contribution in [0.5, 0.6) is 0 Å². The van der Waals surface area contributed by atoms with E-state index in [1.165, 1.54) is 327 Å². The van der Waals surface area contributed by atoms with Crippen LogP contribution in [0.2, 0.25) is 0 Å². The predicted molar refractivity (Wildman–Crippen MR) is 403 cm³/mol. The van der Waals surface area contributed by atoms with Crippen LogP contribution >= 0.6 is 0 Å². The third kappa shape index (κ3) is 61.2. The second kappa shape index (κ2) is 72.9. The van der Waals surface area contributed by atoms with Gasteiger partial charge in [0.15, 0.2) is 6.29 Å². The Kier molecular flexibility index (Phi) is 69.5. The summed E-state index contributed by atoms with van der Waals surface area (Å²) in [5, 5.41) is 54.3. The maximum absolute atomic E-state index is 13.0. The lowest BCUT2D eigenvalue weighted by molar-refractivity contribution is -0.302. The van der Waals surface area contributed by atoms with Crippen molar-refractivity contribution in [3.8, 4) is 0 Å². The fraction of sp³-hybridized carbons (Fsp3) is 0.881. The molecular weight excluding hydrogens is 1180 g/mol. The van der Waals surface area contributed by atoms with Gasteiger partial charge in [0.25, 0.3) is 0 Å². The fourth-order valence-electron chi connectivity index (χ4n) is 13.3. The lowest BCUT2D eigenvalue weighted by Gasteiger charge is -2.40. The van der Waals surface area contributed by atoms with Gasteiger partial charge >= 0.3 is 5.97 Å². The minimum Gasteiger partial charge on any atom is -0.466 e. The molecule has 1 heterocycles. The molecule has 1 rings (SSSR count). The molecule has 0 aromatic rings. The van der Waals surface area contributed by atoms with E-state index in [9.17, 15) is 35.1 Å². The molecule has 0 aromatic carbocycles. The Morgan fingerprint density at radius 3 is 1.11 bits per heavy atom. The summed E-state index contributed by atoms with van der Waals surface area (Å²) in [7, 11) is 0. The van der Waals surface area contributed by atoms with Gasteiger partial charge in [0.1, 0.15) is 24.4 Å². The Labute approximate surface area is 586 Å². The molecule has 0 bridgehead atoms. The van der Waals surface area contributed by atoms with E-state index in [-0.39, 0.29) is 18.5 Å². The fourth-order valence-corrected chi connectivity index (χ4v) is 13.3. The first kappa shape index (κ1) is 90.6. The van der Waals surface area contributed by atoms with Crippen LogP contribution in [-0.4, -0.2) is 100 Å². The molecular formula is C84H157NO10. The Morgan fingerprint density at radius 2 is 0.726 bits per heavy atom. The number of amides is 1. The van der Waals surface area contributed by atoms with Crippen molar-refractivity contribution in [1.82, 2.24) is 5.32 Å². The summed E-state index contributed by atoms with van der Waals surface area (Å²) in [6.07, 6.45) is 87.8. The monoisotopic (exact) mass is 1340 g/mol. The standard InChI is InChI=1S/C84H157NO10/c1-3-5-7-9-11-13-14-15-16-17-39-43-46-49-52-56-60-64-68-72-80(89)93-73-69-65-61-57-53-50-47-44-41-38-36-34-32-30-28-26-24-22-20-18-19-21-23-25-27-29-31-33-35-37-40-42-45-48-51-55-59-63-67-71-79(88)85-76(77(87)70-66-62-58-54-12-10-8-6-4-2)75-94-84-83(92)82(91)81(90)78(74-86)95-84/h4,6,12,18-19,54,66,70,76-78,81-84,86-87,90-92H,3,5,7-11,13-17,20-53,55-65,67-69,71-75H2,1-2H3,(H,85,88)/b6-4+,19-18-,54-12+,70-66+. The van der Waals surface area contributed by atoms with Gasteiger partial charge in [0.2, 0.25) is 5.91 Å². The summed E-state index contributed by atoms with van der Waals surface area (Å²) >= 11 is 0. The zero-order chi connectivity index (χ0) is 68.6. The quantitative estimate of drug-likeness (QED) is 0.0195. The van der Waals surface area contributed by atoms with Gasteiger partial charge in [0.05, 0.1) is 32.0 Å². The molecule has 7 atom stereocenters. The highest BCUT2D eigenvalue weighted by molar-refractivity contribution is 5.76. The van der Waals surface area contributed by atoms with E-state index in [2.05, 4.69) is 42.6 Å². The normalized spacial score (nSPS) is 17.6. The van der Waals surface area contributed by atoms with Gasteiger partial charge in [-0.25, -0.2) is 0 Å². The number of nitrogens with one attached hydrogen (secondary N) is 1. The highest BCUT2D eigenvalue weighted by Crippen LogP contribution is 2.24. The van der Waals surface area contributed by atoms with Gasteiger partial charge in [-0.15, -0.1) is 0 Å². The van der Waals surface area contributed by atoms with Gasteiger partial charge in [-0.3, -0.25) is 9.59 Å². The number of aliphatic hydroxyl groups excluding tert-OH is 5. The summed E-state index contributed by atoms with van der Waals surface area (Å²) in [6, 6.07) is -0.830. The number of unbranched alkanes of at least 4 members (excludes halogenated alkanes) is 55. The predicted octanol–water partition coefficient (Wildman–Crippen LogP) is 22.6. The van der Waals surface area contributed by atoms with Crippen LogP contribution in [-0.2, 0) is 23.8 Å². The van der Waals surface area contributed by atoms with Crippen molar-refractivity contribution in [2.45, 2.75) is 455 Å². The first-order valence-corrected chi connectivity index (χ1v) is 41.4. The van der Waals surface area contributed by atoms with Crippen molar-refractivity contribution in [3.63, 3.8) is 0 Å². The molecule has 558 valence electrons. The van der Waals surface area contributed by atoms with Crippen LogP contribution in [0, 0.1) is 0 Å². The zero-order valence-corrected chi connectivity index (χ0v) is 62.4. The molecule has 11 nitrogen and oxygen atoms in total. The van der Waals surface area contributed by atoms with Crippen molar-refractivity contribution in [2.24, 2.45) is 0 Å². The second-order valence-electron chi connectivity index (χ2n) is 28.8. The summed E-state index contributed by atoms with van der Waals surface area (Å²) in [5.74, 6) is -0.172. The molecule has 6 N–H and O–H groups in total. The zero-order valence-electron chi connectivity index (χ0n) is 62.4. The summed E-state index contributed by atoms with van der Waals surface area (Å²) in [6.45, 7) is 4.15. The average molecular weight is 1340 g/mol. The van der Waals surface area contributed by atoms with E-state index in [0.29, 0.717) is 19.4 Å². The Bertz CT molecular complexity index is 1720. The minimum atomic E-state index is -1.58. The smallest absolute Gasteiger partial charge is 0.305 e. The number of esters is 1. The number of rotatable bonds is 74. The van der Waals surface area contributed by atoms with Crippen molar-refractivity contribution in [3.05, 3.63) is 48.6 Å². The highest BCUT2D eigenvalue weighted by Gasteiger charge is 2.44. The van der Waals surface area contributed by atoms with Gasteiger partial charge < -0.3 is 45.1 Å². The molecule has 0 radical (unpaired) electrons. The number of carbonyl (C=O) groups is 2. The van der Waals surface area contributed by atoms with E-state index in [0.717, 1.165) is 57.8 Å². The summed E-state index contributed by atoms with van der Waals surface area (Å²) in [5.41, 5.74) is 0. The number of carbonyl (C=O) groups excluding carboxylic acids is 2. The molecule has 0 saturated carbocycles. The highest BCUT2D eigenvalue weighted by atomic mass is 16.7. The third-order valence-electron chi connectivity index (χ3n) is 19.7. The second-order valence-corrected chi connectivity index (χ2v) is 28.8. The molecule has 11 heteroatoms. The topological polar surface area (TPSA) is 175 Å². The first-order chi connectivity index (χ1) is 46.7. The van der Waals surface area contributed by atoms with Crippen molar-refractivity contribution in [2.75, 3.05) is 19.8 Å². The van der Waals surface area contributed by atoms with Gasteiger partial charge in [-0.2, -0.15) is 0 Å². The number of hydrogen-bond donors (Lipinski definition) is 6. The molecule has 0 spiro atoms. The third-order valence-corrected chi connectivity index (χ3v) is 19.7. The number of aliphatic hydroxyl groups is 5. The number of hydrogen-bond acceptors (Lipinski definition) is 10. The van der Waals surface area contributed by atoms with E-state index in [1.54, 1.807) is 6.08 Å². The molecule has 1 aliphatic rings.